The molecule has 0 spiro atoms. The van der Waals surface area contributed by atoms with Crippen molar-refractivity contribution in [2.24, 2.45) is 13.0 Å². The fourth-order valence-electron chi connectivity index (χ4n) is 4.59. The van der Waals surface area contributed by atoms with Gasteiger partial charge in [-0.1, -0.05) is 19.1 Å². The number of anilines is 2. The molecule has 1 aromatic carbocycles. The number of imide groups is 1. The van der Waals surface area contributed by atoms with E-state index in [1.54, 1.807) is 32.3 Å². The van der Waals surface area contributed by atoms with Gasteiger partial charge in [0.2, 0.25) is 5.91 Å². The number of benzene rings is 1. The van der Waals surface area contributed by atoms with Crippen LogP contribution >= 0.6 is 0 Å². The second-order valence-corrected chi connectivity index (χ2v) is 9.33. The van der Waals surface area contributed by atoms with Crippen molar-refractivity contribution in [3.05, 3.63) is 71.2 Å². The van der Waals surface area contributed by atoms with E-state index in [1.807, 2.05) is 0 Å². The molecule has 4 amide bonds. The monoisotopic (exact) mass is 525 g/mol. The highest BCUT2D eigenvalue weighted by atomic mass is 19.2. The van der Waals surface area contributed by atoms with Gasteiger partial charge in [-0.25, -0.2) is 18.6 Å². The third-order valence-electron chi connectivity index (χ3n) is 6.78. The van der Waals surface area contributed by atoms with Crippen molar-refractivity contribution in [1.82, 2.24) is 25.0 Å². The van der Waals surface area contributed by atoms with Crippen molar-refractivity contribution in [2.75, 3.05) is 17.7 Å². The third kappa shape index (κ3) is 4.93. The maximum absolute atomic E-state index is 14.7. The van der Waals surface area contributed by atoms with Crippen LogP contribution in [0.4, 0.5) is 25.1 Å². The largest absolute Gasteiger partial charge is 0.384 e. The number of hydrogen-bond donors (Lipinski definition) is 2. The van der Waals surface area contributed by atoms with E-state index in [-0.39, 0.29) is 29.8 Å². The third-order valence-corrected chi connectivity index (χ3v) is 6.78. The van der Waals surface area contributed by atoms with Crippen molar-refractivity contribution in [1.29, 1.82) is 0 Å². The van der Waals surface area contributed by atoms with Crippen LogP contribution in [-0.2, 0) is 23.1 Å². The number of carbonyl (C=O) groups is 3. The summed E-state index contributed by atoms with van der Waals surface area (Å²) in [4.78, 5) is 46.3. The lowest BCUT2D eigenvalue weighted by molar-refractivity contribution is -0.156. The van der Waals surface area contributed by atoms with Gasteiger partial charge in [0.15, 0.2) is 11.6 Å². The van der Waals surface area contributed by atoms with E-state index in [4.69, 9.17) is 5.73 Å². The maximum atomic E-state index is 14.7. The summed E-state index contributed by atoms with van der Waals surface area (Å²) in [5.74, 6) is -3.72. The lowest BCUT2D eigenvalue weighted by atomic mass is 9.81. The molecule has 0 unspecified atom stereocenters. The summed E-state index contributed by atoms with van der Waals surface area (Å²) in [6.45, 7) is 3.13. The van der Waals surface area contributed by atoms with Crippen molar-refractivity contribution in [3.63, 3.8) is 0 Å². The van der Waals surface area contributed by atoms with E-state index >= 15 is 0 Å². The number of carbonyl (C=O) groups excluding carboxylic acids is 3. The second-order valence-electron chi connectivity index (χ2n) is 9.33. The molecule has 10 nitrogen and oxygen atoms in total. The summed E-state index contributed by atoms with van der Waals surface area (Å²) in [7, 11) is 3.22. The fourth-order valence-corrected chi connectivity index (χ4v) is 4.59. The van der Waals surface area contributed by atoms with Gasteiger partial charge in [-0.15, -0.1) is 0 Å². The highest BCUT2D eigenvalue weighted by Crippen LogP contribution is 2.34. The number of nitrogens with one attached hydrogen (secondary N) is 1. The molecular formula is C26H29F2N7O3. The molecule has 2 aromatic heterocycles. The van der Waals surface area contributed by atoms with E-state index in [0.29, 0.717) is 11.3 Å². The molecule has 0 bridgehead atoms. The quantitative estimate of drug-likeness (QED) is 0.457. The van der Waals surface area contributed by atoms with Crippen molar-refractivity contribution in [3.8, 4) is 0 Å². The zero-order chi connectivity index (χ0) is 27.7. The highest BCUT2D eigenvalue weighted by Gasteiger charge is 2.55. The first-order chi connectivity index (χ1) is 18.0. The normalized spacial score (nSPS) is 17.6. The number of hydrogen-bond acceptors (Lipinski definition) is 6. The van der Waals surface area contributed by atoms with Crippen LogP contribution in [0, 0.1) is 24.5 Å². The summed E-state index contributed by atoms with van der Waals surface area (Å²) < 4.78 is 30.4. The molecule has 0 radical (unpaired) electrons. The number of pyridine rings is 1. The summed E-state index contributed by atoms with van der Waals surface area (Å²) in [6, 6.07) is 3.17. The molecule has 38 heavy (non-hydrogen) atoms. The number of halogens is 2. The average molecular weight is 526 g/mol. The molecule has 4 rings (SSSR count). The molecule has 3 heterocycles. The van der Waals surface area contributed by atoms with Gasteiger partial charge in [0, 0.05) is 32.1 Å². The number of urea groups is 1. The highest BCUT2D eigenvalue weighted by molar-refractivity contribution is 6.12. The summed E-state index contributed by atoms with van der Waals surface area (Å²) in [6.07, 6.45) is 4.99. The fraction of sp³-hybridized carbons (Fsp3) is 0.346. The Hall–Kier alpha value is -4.35. The Morgan fingerprint density at radius 3 is 2.61 bits per heavy atom. The second kappa shape index (κ2) is 10.6. The molecule has 1 aliphatic rings. The van der Waals surface area contributed by atoms with Gasteiger partial charge in [-0.05, 0) is 43.0 Å². The Bertz CT molecular complexity index is 1390. The van der Waals surface area contributed by atoms with E-state index in [0.717, 1.165) is 4.90 Å². The van der Waals surface area contributed by atoms with Crippen LogP contribution < -0.4 is 16.0 Å². The molecule has 1 aliphatic heterocycles. The zero-order valence-electron chi connectivity index (χ0n) is 21.5. The number of aryl methyl sites for hydroxylation is 2. The summed E-state index contributed by atoms with van der Waals surface area (Å²) in [5, 5.41) is 6.68. The Morgan fingerprint density at radius 1 is 1.24 bits per heavy atom. The van der Waals surface area contributed by atoms with Gasteiger partial charge < -0.3 is 16.0 Å². The van der Waals surface area contributed by atoms with Crippen LogP contribution in [0.5, 0.6) is 0 Å². The van der Waals surface area contributed by atoms with Gasteiger partial charge in [0.05, 0.1) is 23.8 Å². The van der Waals surface area contributed by atoms with Crippen molar-refractivity contribution >= 4 is 29.4 Å². The molecule has 1 saturated heterocycles. The van der Waals surface area contributed by atoms with Crippen LogP contribution in [0.15, 0.2) is 42.9 Å². The Labute approximate surface area is 218 Å². The van der Waals surface area contributed by atoms with Gasteiger partial charge >= 0.3 is 6.03 Å². The van der Waals surface area contributed by atoms with Crippen LogP contribution in [0.2, 0.25) is 0 Å². The Kier molecular flexibility index (Phi) is 7.42. The Balaban J connectivity index is 1.62. The molecule has 12 heteroatoms. The molecule has 3 N–H and O–H groups in total. The lowest BCUT2D eigenvalue weighted by Gasteiger charge is -2.46. The van der Waals surface area contributed by atoms with E-state index < -0.39 is 47.5 Å². The van der Waals surface area contributed by atoms with Crippen molar-refractivity contribution < 1.29 is 23.2 Å². The smallest absolute Gasteiger partial charge is 0.325 e. The molecular weight excluding hydrogens is 496 g/mol. The van der Waals surface area contributed by atoms with Gasteiger partial charge in [0.25, 0.3) is 5.91 Å². The first-order valence-corrected chi connectivity index (χ1v) is 12.1. The molecule has 1 fully saturated rings. The minimum absolute atomic E-state index is 0.0453. The SMILES string of the molecule is CC[C@@H](NC(=O)N1C(=O)[C@H](Cc2ccnc(N)c2)[C@H]1C(=O)N(C)c1cnn(C)c1)c1ccc(C)c(F)c1F. The van der Waals surface area contributed by atoms with Crippen LogP contribution in [-0.4, -0.2) is 50.6 Å². The van der Waals surface area contributed by atoms with Crippen molar-refractivity contribution in [2.45, 2.75) is 38.8 Å². The van der Waals surface area contributed by atoms with Gasteiger partial charge in [-0.3, -0.25) is 19.2 Å². The van der Waals surface area contributed by atoms with E-state index in [2.05, 4.69) is 15.4 Å². The molecule has 3 atom stereocenters. The van der Waals surface area contributed by atoms with E-state index in [1.165, 1.54) is 48.1 Å². The predicted molar refractivity (Wildman–Crippen MR) is 136 cm³/mol. The number of amides is 4. The molecule has 3 aromatic rings. The predicted octanol–water partition coefficient (Wildman–Crippen LogP) is 2.88. The number of aromatic nitrogens is 3. The summed E-state index contributed by atoms with van der Waals surface area (Å²) >= 11 is 0. The number of likely N-dealkylation sites (N-methyl/N-ethyl adjacent to an activating group) is 1. The number of nitrogen functional groups attached to an aromatic ring is 1. The number of β-lactam (4-membered cyclic amide) rings is 1. The van der Waals surface area contributed by atoms with Gasteiger partial charge in [0.1, 0.15) is 11.9 Å². The lowest BCUT2D eigenvalue weighted by Crippen LogP contribution is -2.70. The minimum Gasteiger partial charge on any atom is -0.384 e. The zero-order valence-corrected chi connectivity index (χ0v) is 21.5. The van der Waals surface area contributed by atoms with Gasteiger partial charge in [-0.2, -0.15) is 5.10 Å². The van der Waals surface area contributed by atoms with Crippen LogP contribution in [0.3, 0.4) is 0 Å². The summed E-state index contributed by atoms with van der Waals surface area (Å²) in [5.41, 5.74) is 7.02. The number of nitrogens with two attached hydrogens (primary N) is 1. The molecule has 200 valence electrons. The first kappa shape index (κ1) is 26.7. The number of rotatable bonds is 7. The Morgan fingerprint density at radius 2 is 1.97 bits per heavy atom. The number of likely N-dealkylation sites (tertiary alicyclic amines) is 1. The average Bonchev–Trinajstić information content (AvgIpc) is 3.33. The van der Waals surface area contributed by atoms with Crippen LogP contribution in [0.1, 0.15) is 36.1 Å². The minimum atomic E-state index is -1.14. The standard InChI is InChI=1S/C26H29F2N7O3/c1-5-19(17-7-6-14(2)21(27)22(17)28)32-26(38)35-23(25(37)34(4)16-12-31-33(3)13-16)18(24(35)36)10-15-8-9-30-20(29)11-15/h6-9,11-13,18-19,23H,5,10H2,1-4H3,(H2,29,30)(H,32,38)/t18-,19-,23+/m1/s1. The number of nitrogens with zero attached hydrogens (tertiary/aromatic N) is 5. The molecule has 0 saturated carbocycles. The topological polar surface area (TPSA) is 126 Å². The van der Waals surface area contributed by atoms with E-state index in [9.17, 15) is 23.2 Å². The molecule has 0 aliphatic carbocycles. The van der Waals surface area contributed by atoms with Crippen LogP contribution in [0.25, 0.3) is 0 Å². The maximum Gasteiger partial charge on any atom is 0.325 e. The first-order valence-electron chi connectivity index (χ1n) is 12.1.